The fourth-order valence-corrected chi connectivity index (χ4v) is 4.18. The molecular formula is C22H22Cl3N5O2S. The van der Waals surface area contributed by atoms with E-state index in [1.807, 2.05) is 26.8 Å². The van der Waals surface area contributed by atoms with Crippen molar-refractivity contribution in [2.75, 3.05) is 11.1 Å². The van der Waals surface area contributed by atoms with E-state index in [2.05, 4.69) is 25.8 Å². The van der Waals surface area contributed by atoms with Crippen LogP contribution in [0.5, 0.6) is 0 Å². The van der Waals surface area contributed by atoms with Crippen LogP contribution in [0, 0.1) is 12.8 Å². The molecule has 33 heavy (non-hydrogen) atoms. The predicted octanol–water partition coefficient (Wildman–Crippen LogP) is 5.93. The molecule has 0 aliphatic carbocycles. The van der Waals surface area contributed by atoms with Gasteiger partial charge in [-0.25, -0.2) is 4.98 Å². The Balaban J connectivity index is 1.62. The number of hydrogen-bond acceptors (Lipinski definition) is 5. The van der Waals surface area contributed by atoms with Gasteiger partial charge >= 0.3 is 0 Å². The summed E-state index contributed by atoms with van der Waals surface area (Å²) in [5, 5.41) is 14.4. The van der Waals surface area contributed by atoms with Gasteiger partial charge in [0, 0.05) is 15.7 Å². The van der Waals surface area contributed by atoms with Gasteiger partial charge in [0.1, 0.15) is 5.82 Å². The first-order valence-electron chi connectivity index (χ1n) is 10.0. The van der Waals surface area contributed by atoms with Crippen molar-refractivity contribution in [3.63, 3.8) is 0 Å². The molecule has 0 aliphatic rings. The number of nitrogens with zero attached hydrogens (tertiary/aromatic N) is 2. The maximum Gasteiger partial charge on any atom is 0.253 e. The summed E-state index contributed by atoms with van der Waals surface area (Å²) in [5.74, 6) is 0.0496. The van der Waals surface area contributed by atoms with E-state index in [0.29, 0.717) is 32.3 Å². The molecule has 3 aromatic rings. The number of carbonyl (C=O) groups is 2. The highest BCUT2D eigenvalue weighted by Gasteiger charge is 2.24. The molecule has 0 bridgehead atoms. The zero-order chi connectivity index (χ0) is 24.1. The van der Waals surface area contributed by atoms with Gasteiger partial charge in [0.05, 0.1) is 22.4 Å². The monoisotopic (exact) mass is 525 g/mol. The molecule has 1 aromatic heterocycles. The van der Waals surface area contributed by atoms with Crippen molar-refractivity contribution in [1.29, 1.82) is 0 Å². The van der Waals surface area contributed by atoms with Gasteiger partial charge in [-0.3, -0.25) is 14.7 Å². The molecule has 3 N–H and O–H groups in total. The molecule has 1 heterocycles. The van der Waals surface area contributed by atoms with Crippen LogP contribution in [0.1, 0.15) is 41.6 Å². The van der Waals surface area contributed by atoms with E-state index in [1.165, 1.54) is 17.8 Å². The van der Waals surface area contributed by atoms with Crippen LogP contribution >= 0.6 is 46.6 Å². The minimum Gasteiger partial charge on any atom is -0.342 e. The highest BCUT2D eigenvalue weighted by molar-refractivity contribution is 7.99. The van der Waals surface area contributed by atoms with Crippen molar-refractivity contribution in [2.24, 2.45) is 5.92 Å². The number of amides is 2. The Labute approximate surface area is 211 Å². The van der Waals surface area contributed by atoms with Crippen molar-refractivity contribution < 1.29 is 9.59 Å². The van der Waals surface area contributed by atoms with E-state index < -0.39 is 6.04 Å². The molecule has 7 nitrogen and oxygen atoms in total. The molecule has 11 heteroatoms. The number of halogens is 3. The van der Waals surface area contributed by atoms with Crippen molar-refractivity contribution in [3.05, 3.63) is 68.4 Å². The number of thioether (sulfide) groups is 1. The van der Waals surface area contributed by atoms with Crippen LogP contribution in [-0.4, -0.2) is 32.7 Å². The Morgan fingerprint density at radius 1 is 1.09 bits per heavy atom. The Morgan fingerprint density at radius 3 is 2.52 bits per heavy atom. The molecular weight excluding hydrogens is 505 g/mol. The summed E-state index contributed by atoms with van der Waals surface area (Å²) in [7, 11) is 0. The SMILES string of the molecule is Cc1ccc(NC(=O)CSc2n[nH]c([C@@H](NC(=O)c3ccc(Cl)cc3Cl)C(C)C)n2)cc1Cl. The van der Waals surface area contributed by atoms with Gasteiger partial charge in [-0.2, -0.15) is 0 Å². The molecule has 0 radical (unpaired) electrons. The van der Waals surface area contributed by atoms with Crippen molar-refractivity contribution in [3.8, 4) is 0 Å². The number of H-pyrrole nitrogens is 1. The first-order valence-corrected chi connectivity index (χ1v) is 12.1. The largest absolute Gasteiger partial charge is 0.342 e. The average molecular weight is 527 g/mol. The number of anilines is 1. The predicted molar refractivity (Wildman–Crippen MR) is 133 cm³/mol. The van der Waals surface area contributed by atoms with Gasteiger partial charge < -0.3 is 10.6 Å². The van der Waals surface area contributed by atoms with Crippen LogP contribution in [0.3, 0.4) is 0 Å². The Bertz CT molecular complexity index is 1170. The minimum absolute atomic E-state index is 0.0143. The first-order chi connectivity index (χ1) is 15.6. The summed E-state index contributed by atoms with van der Waals surface area (Å²) in [6.45, 7) is 5.79. The quantitative estimate of drug-likeness (QED) is 0.316. The summed E-state index contributed by atoms with van der Waals surface area (Å²) < 4.78 is 0. The number of nitrogens with one attached hydrogen (secondary N) is 3. The number of aromatic nitrogens is 3. The normalized spacial score (nSPS) is 12.0. The van der Waals surface area contributed by atoms with Crippen LogP contribution in [0.15, 0.2) is 41.6 Å². The molecule has 3 rings (SSSR count). The fraction of sp³-hybridized carbons (Fsp3) is 0.273. The minimum atomic E-state index is -0.436. The smallest absolute Gasteiger partial charge is 0.253 e. The van der Waals surface area contributed by atoms with Gasteiger partial charge in [-0.1, -0.05) is 66.5 Å². The van der Waals surface area contributed by atoms with Crippen LogP contribution in [0.25, 0.3) is 0 Å². The van der Waals surface area contributed by atoms with E-state index in [-0.39, 0.29) is 28.5 Å². The number of aryl methyl sites for hydroxylation is 1. The van der Waals surface area contributed by atoms with Crippen LogP contribution in [0.2, 0.25) is 15.1 Å². The lowest BCUT2D eigenvalue weighted by molar-refractivity contribution is -0.113. The molecule has 0 unspecified atom stereocenters. The lowest BCUT2D eigenvalue weighted by Gasteiger charge is -2.20. The fourth-order valence-electron chi connectivity index (χ4n) is 2.90. The molecule has 0 fully saturated rings. The molecule has 2 aromatic carbocycles. The van der Waals surface area contributed by atoms with Gasteiger partial charge in [-0.05, 0) is 48.7 Å². The lowest BCUT2D eigenvalue weighted by atomic mass is 10.0. The second kappa shape index (κ2) is 11.2. The van der Waals surface area contributed by atoms with E-state index in [9.17, 15) is 9.59 Å². The Hall–Kier alpha value is -2.26. The number of hydrogen-bond donors (Lipinski definition) is 3. The second-order valence-electron chi connectivity index (χ2n) is 7.62. The molecule has 174 valence electrons. The number of aromatic amines is 1. The zero-order valence-corrected chi connectivity index (χ0v) is 21.2. The molecule has 2 amide bonds. The summed E-state index contributed by atoms with van der Waals surface area (Å²) in [5.41, 5.74) is 1.87. The third-order valence-corrected chi connectivity index (χ3v) is 6.50. The lowest BCUT2D eigenvalue weighted by Crippen LogP contribution is -2.32. The summed E-state index contributed by atoms with van der Waals surface area (Å²) in [6.07, 6.45) is 0. The zero-order valence-electron chi connectivity index (χ0n) is 18.1. The third kappa shape index (κ3) is 6.86. The highest BCUT2D eigenvalue weighted by Crippen LogP contribution is 2.25. The highest BCUT2D eigenvalue weighted by atomic mass is 35.5. The maximum absolute atomic E-state index is 12.7. The van der Waals surface area contributed by atoms with Crippen LogP contribution in [0.4, 0.5) is 5.69 Å². The molecule has 0 saturated heterocycles. The molecule has 0 spiro atoms. The van der Waals surface area contributed by atoms with Gasteiger partial charge in [0.15, 0.2) is 0 Å². The topological polar surface area (TPSA) is 99.8 Å². The molecule has 1 atom stereocenters. The molecule has 0 saturated carbocycles. The number of rotatable bonds is 8. The summed E-state index contributed by atoms with van der Waals surface area (Å²) in [6, 6.07) is 9.58. The second-order valence-corrected chi connectivity index (χ2v) is 9.82. The van der Waals surface area contributed by atoms with Crippen molar-refractivity contribution in [1.82, 2.24) is 20.5 Å². The van der Waals surface area contributed by atoms with Crippen molar-refractivity contribution in [2.45, 2.75) is 32.0 Å². The van der Waals surface area contributed by atoms with E-state index in [0.717, 1.165) is 5.56 Å². The van der Waals surface area contributed by atoms with Crippen LogP contribution < -0.4 is 10.6 Å². The first kappa shape index (κ1) is 25.4. The third-order valence-electron chi connectivity index (χ3n) is 4.69. The van der Waals surface area contributed by atoms with E-state index >= 15 is 0 Å². The van der Waals surface area contributed by atoms with E-state index in [4.69, 9.17) is 34.8 Å². The average Bonchev–Trinajstić information content (AvgIpc) is 3.21. The summed E-state index contributed by atoms with van der Waals surface area (Å²) in [4.78, 5) is 29.5. The standard InChI is InChI=1S/C22H22Cl3N5O2S/c1-11(2)19(27-21(32)15-7-5-13(23)8-17(15)25)20-28-22(30-29-20)33-10-18(31)26-14-6-4-12(3)16(24)9-14/h4-9,11,19H,10H2,1-3H3,(H,26,31)(H,27,32)(H,28,29,30)/t19-/m0/s1. The summed E-state index contributed by atoms with van der Waals surface area (Å²) >= 11 is 19.3. The van der Waals surface area contributed by atoms with Gasteiger partial charge in [0.2, 0.25) is 11.1 Å². The van der Waals surface area contributed by atoms with Gasteiger partial charge in [0.25, 0.3) is 5.91 Å². The van der Waals surface area contributed by atoms with E-state index in [1.54, 1.807) is 24.3 Å². The number of benzene rings is 2. The Kier molecular flexibility index (Phi) is 8.64. The molecule has 0 aliphatic heterocycles. The number of carbonyl (C=O) groups excluding carboxylic acids is 2. The van der Waals surface area contributed by atoms with Crippen molar-refractivity contribution >= 4 is 64.1 Å². The van der Waals surface area contributed by atoms with Gasteiger partial charge in [-0.15, -0.1) is 5.10 Å². The van der Waals surface area contributed by atoms with Crippen LogP contribution in [-0.2, 0) is 4.79 Å². The maximum atomic E-state index is 12.7. The Morgan fingerprint density at radius 2 is 1.85 bits per heavy atom.